The summed E-state index contributed by atoms with van der Waals surface area (Å²) < 4.78 is 24.8. The lowest BCUT2D eigenvalue weighted by atomic mass is 10.2. The van der Waals surface area contributed by atoms with E-state index in [-0.39, 0.29) is 9.79 Å². The van der Waals surface area contributed by atoms with Crippen molar-refractivity contribution in [1.82, 2.24) is 0 Å². The first-order valence-electron chi connectivity index (χ1n) is 5.88. The Bertz CT molecular complexity index is 737. The van der Waals surface area contributed by atoms with Gasteiger partial charge in [-0.25, -0.2) is 13.2 Å². The fourth-order valence-corrected chi connectivity index (χ4v) is 3.14. The number of nitrogens with two attached hydrogens (primary N) is 1. The molecule has 0 saturated carbocycles. The number of anilines is 1. The zero-order chi connectivity index (χ0) is 14.8. The predicted molar refractivity (Wildman–Crippen MR) is 76.3 cm³/mol. The number of sulfone groups is 1. The van der Waals surface area contributed by atoms with E-state index in [1.165, 1.54) is 24.3 Å². The maximum Gasteiger partial charge on any atom is 0.316 e. The SMILES string of the molecule is Cc1cccc(S(=O)(=O)c2ccc(NC(N)=O)cc2)c1. The second-order valence-corrected chi connectivity index (χ2v) is 6.28. The lowest BCUT2D eigenvalue weighted by molar-refractivity contribution is 0.259. The molecule has 2 amide bonds. The van der Waals surface area contributed by atoms with Crippen molar-refractivity contribution in [3.8, 4) is 0 Å². The highest BCUT2D eigenvalue weighted by atomic mass is 32.2. The molecule has 5 nitrogen and oxygen atoms in total. The topological polar surface area (TPSA) is 89.3 Å². The van der Waals surface area contributed by atoms with E-state index >= 15 is 0 Å². The monoisotopic (exact) mass is 290 g/mol. The summed E-state index contributed by atoms with van der Waals surface area (Å²) >= 11 is 0. The summed E-state index contributed by atoms with van der Waals surface area (Å²) in [6.07, 6.45) is 0. The third kappa shape index (κ3) is 2.97. The molecule has 0 bridgehead atoms. The van der Waals surface area contributed by atoms with Gasteiger partial charge < -0.3 is 11.1 Å². The molecule has 0 fully saturated rings. The van der Waals surface area contributed by atoms with E-state index in [4.69, 9.17) is 5.73 Å². The molecule has 0 aliphatic rings. The molecule has 0 aliphatic heterocycles. The van der Waals surface area contributed by atoms with Gasteiger partial charge in [-0.15, -0.1) is 0 Å². The first-order valence-corrected chi connectivity index (χ1v) is 7.36. The number of rotatable bonds is 3. The highest BCUT2D eigenvalue weighted by molar-refractivity contribution is 7.91. The van der Waals surface area contributed by atoms with Crippen molar-refractivity contribution in [2.45, 2.75) is 16.7 Å². The second-order valence-electron chi connectivity index (χ2n) is 4.33. The summed E-state index contributed by atoms with van der Waals surface area (Å²) in [5, 5.41) is 2.38. The van der Waals surface area contributed by atoms with Crippen LogP contribution in [0.15, 0.2) is 58.3 Å². The summed E-state index contributed by atoms with van der Waals surface area (Å²) in [7, 11) is -3.55. The maximum atomic E-state index is 12.4. The molecular formula is C14H14N2O3S. The van der Waals surface area contributed by atoms with Crippen LogP contribution in [0.25, 0.3) is 0 Å². The van der Waals surface area contributed by atoms with Gasteiger partial charge in [-0.1, -0.05) is 12.1 Å². The summed E-state index contributed by atoms with van der Waals surface area (Å²) in [4.78, 5) is 11.1. The summed E-state index contributed by atoms with van der Waals surface area (Å²) in [5.41, 5.74) is 6.31. The molecule has 2 aromatic rings. The Labute approximate surface area is 117 Å². The largest absolute Gasteiger partial charge is 0.351 e. The van der Waals surface area contributed by atoms with Crippen LogP contribution >= 0.6 is 0 Å². The second kappa shape index (κ2) is 5.34. The summed E-state index contributed by atoms with van der Waals surface area (Å²) in [6, 6.07) is 11.9. The third-order valence-corrected chi connectivity index (χ3v) is 4.50. The molecule has 0 heterocycles. The average molecular weight is 290 g/mol. The van der Waals surface area contributed by atoms with Gasteiger partial charge >= 0.3 is 6.03 Å². The first kappa shape index (κ1) is 14.1. The van der Waals surface area contributed by atoms with Crippen molar-refractivity contribution < 1.29 is 13.2 Å². The minimum atomic E-state index is -3.55. The van der Waals surface area contributed by atoms with Gasteiger partial charge in [0.1, 0.15) is 0 Å². The molecule has 0 aliphatic carbocycles. The first-order chi connectivity index (χ1) is 9.39. The van der Waals surface area contributed by atoms with Crippen molar-refractivity contribution in [2.75, 3.05) is 5.32 Å². The Hall–Kier alpha value is -2.34. The smallest absolute Gasteiger partial charge is 0.316 e. The molecule has 20 heavy (non-hydrogen) atoms. The van der Waals surface area contributed by atoms with E-state index in [1.807, 2.05) is 13.0 Å². The highest BCUT2D eigenvalue weighted by Crippen LogP contribution is 2.22. The van der Waals surface area contributed by atoms with Crippen LogP contribution in [0.4, 0.5) is 10.5 Å². The van der Waals surface area contributed by atoms with Crippen LogP contribution in [0.2, 0.25) is 0 Å². The van der Waals surface area contributed by atoms with E-state index < -0.39 is 15.9 Å². The number of carbonyl (C=O) groups is 1. The van der Waals surface area contributed by atoms with E-state index in [0.29, 0.717) is 5.69 Å². The zero-order valence-electron chi connectivity index (χ0n) is 10.8. The van der Waals surface area contributed by atoms with Gasteiger partial charge in [-0.2, -0.15) is 0 Å². The van der Waals surface area contributed by atoms with Gasteiger partial charge in [-0.3, -0.25) is 0 Å². The van der Waals surface area contributed by atoms with Crippen LogP contribution < -0.4 is 11.1 Å². The number of primary amides is 1. The standard InChI is InChI=1S/C14H14N2O3S/c1-10-3-2-4-13(9-10)20(18,19)12-7-5-11(6-8-12)16-14(15)17/h2-9H,1H3,(H3,15,16,17). The Morgan fingerprint density at radius 3 is 2.25 bits per heavy atom. The minimum absolute atomic E-state index is 0.165. The molecule has 0 spiro atoms. The van der Waals surface area contributed by atoms with Gasteiger partial charge in [0.2, 0.25) is 9.84 Å². The fraction of sp³-hybridized carbons (Fsp3) is 0.0714. The number of carbonyl (C=O) groups excluding carboxylic acids is 1. The normalized spacial score (nSPS) is 11.1. The molecule has 3 N–H and O–H groups in total. The lowest BCUT2D eigenvalue weighted by Crippen LogP contribution is -2.19. The van der Waals surface area contributed by atoms with Crippen molar-refractivity contribution in [1.29, 1.82) is 0 Å². The van der Waals surface area contributed by atoms with E-state index in [1.54, 1.807) is 18.2 Å². The predicted octanol–water partition coefficient (Wildman–Crippen LogP) is 2.32. The quantitative estimate of drug-likeness (QED) is 0.909. The number of hydrogen-bond acceptors (Lipinski definition) is 3. The number of amides is 2. The molecule has 2 rings (SSSR count). The number of hydrogen-bond donors (Lipinski definition) is 2. The van der Waals surface area contributed by atoms with Gasteiger partial charge in [0.05, 0.1) is 9.79 Å². The van der Waals surface area contributed by atoms with Crippen LogP contribution in [-0.2, 0) is 9.84 Å². The minimum Gasteiger partial charge on any atom is -0.351 e. The number of urea groups is 1. The summed E-state index contributed by atoms with van der Waals surface area (Å²) in [6.45, 7) is 1.83. The number of aryl methyl sites for hydroxylation is 1. The molecular weight excluding hydrogens is 276 g/mol. The molecule has 0 unspecified atom stereocenters. The van der Waals surface area contributed by atoms with Crippen LogP contribution in [0.5, 0.6) is 0 Å². The molecule has 2 aromatic carbocycles. The number of nitrogens with one attached hydrogen (secondary N) is 1. The maximum absolute atomic E-state index is 12.4. The third-order valence-electron chi connectivity index (χ3n) is 2.73. The number of benzene rings is 2. The van der Waals surface area contributed by atoms with Crippen LogP contribution in [0.1, 0.15) is 5.56 Å². The Morgan fingerprint density at radius 2 is 1.70 bits per heavy atom. The van der Waals surface area contributed by atoms with Crippen molar-refractivity contribution in [3.63, 3.8) is 0 Å². The van der Waals surface area contributed by atoms with Gasteiger partial charge in [0.15, 0.2) is 0 Å². The van der Waals surface area contributed by atoms with Crippen molar-refractivity contribution in [3.05, 3.63) is 54.1 Å². The lowest BCUT2D eigenvalue weighted by Gasteiger charge is -2.07. The molecule has 0 radical (unpaired) electrons. The van der Waals surface area contributed by atoms with E-state index in [9.17, 15) is 13.2 Å². The molecule has 6 heteroatoms. The van der Waals surface area contributed by atoms with E-state index in [0.717, 1.165) is 5.56 Å². The van der Waals surface area contributed by atoms with Crippen molar-refractivity contribution >= 4 is 21.6 Å². The molecule has 0 aromatic heterocycles. The van der Waals surface area contributed by atoms with Gasteiger partial charge in [0.25, 0.3) is 0 Å². The van der Waals surface area contributed by atoms with Crippen molar-refractivity contribution in [2.24, 2.45) is 5.73 Å². The van der Waals surface area contributed by atoms with Crippen LogP contribution in [-0.4, -0.2) is 14.4 Å². The van der Waals surface area contributed by atoms with Crippen LogP contribution in [0, 0.1) is 6.92 Å². The van der Waals surface area contributed by atoms with Gasteiger partial charge in [0, 0.05) is 5.69 Å². The van der Waals surface area contributed by atoms with Crippen LogP contribution in [0.3, 0.4) is 0 Å². The average Bonchev–Trinajstić information content (AvgIpc) is 2.38. The highest BCUT2D eigenvalue weighted by Gasteiger charge is 2.17. The summed E-state index contributed by atoms with van der Waals surface area (Å²) in [5.74, 6) is 0. The Balaban J connectivity index is 2.37. The van der Waals surface area contributed by atoms with E-state index in [2.05, 4.69) is 5.32 Å². The fourth-order valence-electron chi connectivity index (χ4n) is 1.78. The van der Waals surface area contributed by atoms with Gasteiger partial charge in [-0.05, 0) is 48.9 Å². The Kier molecular flexibility index (Phi) is 3.76. The molecule has 104 valence electrons. The zero-order valence-corrected chi connectivity index (χ0v) is 11.6. The molecule has 0 atom stereocenters. The molecule has 0 saturated heterocycles. The Morgan fingerprint density at radius 1 is 1.05 bits per heavy atom.